The molecule has 0 saturated heterocycles. The molecule has 0 amide bonds. The molecule has 0 aliphatic heterocycles. The Labute approximate surface area is 90.3 Å². The zero-order chi connectivity index (χ0) is 11.0. The predicted molar refractivity (Wildman–Crippen MR) is 63.4 cm³/mol. The lowest BCUT2D eigenvalue weighted by Crippen LogP contribution is -2.01. The summed E-state index contributed by atoms with van der Waals surface area (Å²) in [6, 6.07) is 1.94. The number of hydrogen-bond acceptors (Lipinski definition) is 3. The second-order valence-corrected chi connectivity index (χ2v) is 4.10. The van der Waals surface area contributed by atoms with Crippen LogP contribution in [0.5, 0.6) is 0 Å². The predicted octanol–water partition coefficient (Wildman–Crippen LogP) is 2.66. The van der Waals surface area contributed by atoms with Crippen molar-refractivity contribution in [2.24, 2.45) is 0 Å². The zero-order valence-electron chi connectivity index (χ0n) is 9.39. The molecule has 2 nitrogen and oxygen atoms in total. The van der Waals surface area contributed by atoms with Gasteiger partial charge in [0.2, 0.25) is 0 Å². The quantitative estimate of drug-likeness (QED) is 0.782. The van der Waals surface area contributed by atoms with Crippen molar-refractivity contribution in [1.82, 2.24) is 5.32 Å². The van der Waals surface area contributed by atoms with Crippen LogP contribution in [0.25, 0.3) is 0 Å². The highest BCUT2D eigenvalue weighted by molar-refractivity contribution is 7.13. The smallest absolute Gasteiger partial charge is 0.160 e. The standard InChI is InChI=1S/C8H10OS.C3H9N/c1-3-8-6(2)4-7(5-9)10-8;1-3-4-2/h4-5H,3H2,1-2H3;4H,3H2,1-2H3. The van der Waals surface area contributed by atoms with E-state index in [0.717, 1.165) is 24.1 Å². The highest BCUT2D eigenvalue weighted by atomic mass is 32.1. The van der Waals surface area contributed by atoms with E-state index in [0.29, 0.717) is 0 Å². The summed E-state index contributed by atoms with van der Waals surface area (Å²) in [5, 5.41) is 2.93. The molecule has 3 heteroatoms. The summed E-state index contributed by atoms with van der Waals surface area (Å²) in [4.78, 5) is 12.5. The van der Waals surface area contributed by atoms with Gasteiger partial charge >= 0.3 is 0 Å². The lowest BCUT2D eigenvalue weighted by atomic mass is 10.2. The van der Waals surface area contributed by atoms with Crippen LogP contribution in [0.4, 0.5) is 0 Å². The molecule has 0 bridgehead atoms. The molecule has 0 spiro atoms. The highest BCUT2D eigenvalue weighted by Crippen LogP contribution is 2.20. The van der Waals surface area contributed by atoms with Gasteiger partial charge in [0.1, 0.15) is 0 Å². The van der Waals surface area contributed by atoms with E-state index in [-0.39, 0.29) is 0 Å². The maximum absolute atomic E-state index is 10.3. The van der Waals surface area contributed by atoms with E-state index < -0.39 is 0 Å². The average molecular weight is 213 g/mol. The summed E-state index contributed by atoms with van der Waals surface area (Å²) in [6.45, 7) is 7.29. The topological polar surface area (TPSA) is 29.1 Å². The third kappa shape index (κ3) is 4.53. The van der Waals surface area contributed by atoms with Crippen LogP contribution in [0.3, 0.4) is 0 Å². The maximum atomic E-state index is 10.3. The van der Waals surface area contributed by atoms with Gasteiger partial charge in [0, 0.05) is 4.88 Å². The van der Waals surface area contributed by atoms with Crippen LogP contribution < -0.4 is 5.32 Å². The molecule has 0 saturated carbocycles. The van der Waals surface area contributed by atoms with E-state index in [2.05, 4.69) is 19.2 Å². The molecule has 0 aromatic carbocycles. The summed E-state index contributed by atoms with van der Waals surface area (Å²) in [6.07, 6.45) is 1.95. The van der Waals surface area contributed by atoms with Crippen LogP contribution in [0.1, 0.15) is 34.0 Å². The zero-order valence-corrected chi connectivity index (χ0v) is 10.2. The Kier molecular flexibility index (Phi) is 7.34. The Morgan fingerprint density at radius 1 is 1.50 bits per heavy atom. The van der Waals surface area contributed by atoms with E-state index in [9.17, 15) is 4.79 Å². The first-order chi connectivity index (χ1) is 6.69. The van der Waals surface area contributed by atoms with Crippen molar-refractivity contribution < 1.29 is 4.79 Å². The fourth-order valence-corrected chi connectivity index (χ4v) is 1.89. The number of aldehydes is 1. The highest BCUT2D eigenvalue weighted by Gasteiger charge is 2.00. The molecule has 0 aliphatic carbocycles. The van der Waals surface area contributed by atoms with Gasteiger partial charge in [-0.25, -0.2) is 0 Å². The molecule has 1 N–H and O–H groups in total. The minimum Gasteiger partial charge on any atom is -0.320 e. The van der Waals surface area contributed by atoms with Gasteiger partial charge in [0.25, 0.3) is 0 Å². The first-order valence-electron chi connectivity index (χ1n) is 4.88. The summed E-state index contributed by atoms with van der Waals surface area (Å²) >= 11 is 1.59. The van der Waals surface area contributed by atoms with Crippen LogP contribution >= 0.6 is 11.3 Å². The Bertz CT molecular complexity index is 266. The Morgan fingerprint density at radius 2 is 2.07 bits per heavy atom. The van der Waals surface area contributed by atoms with Crippen molar-refractivity contribution in [3.05, 3.63) is 21.4 Å². The molecule has 0 aliphatic rings. The van der Waals surface area contributed by atoms with Crippen molar-refractivity contribution >= 4 is 17.6 Å². The summed E-state index contributed by atoms with van der Waals surface area (Å²) in [5.41, 5.74) is 1.25. The third-order valence-corrected chi connectivity index (χ3v) is 3.14. The van der Waals surface area contributed by atoms with Crippen molar-refractivity contribution in [3.63, 3.8) is 0 Å². The van der Waals surface area contributed by atoms with Crippen LogP contribution in [-0.2, 0) is 6.42 Å². The summed E-state index contributed by atoms with van der Waals surface area (Å²) in [5.74, 6) is 0. The van der Waals surface area contributed by atoms with Gasteiger partial charge in [0.15, 0.2) is 6.29 Å². The van der Waals surface area contributed by atoms with E-state index in [1.807, 2.05) is 20.0 Å². The molecule has 0 unspecified atom stereocenters. The van der Waals surface area contributed by atoms with Gasteiger partial charge in [-0.1, -0.05) is 13.8 Å². The fourth-order valence-electron chi connectivity index (χ4n) is 0.955. The summed E-state index contributed by atoms with van der Waals surface area (Å²) in [7, 11) is 1.93. The number of hydrogen-bond donors (Lipinski definition) is 1. The second-order valence-electron chi connectivity index (χ2n) is 2.93. The number of nitrogens with one attached hydrogen (secondary N) is 1. The van der Waals surface area contributed by atoms with Crippen molar-refractivity contribution in [3.8, 4) is 0 Å². The molecule has 1 heterocycles. The first kappa shape index (κ1) is 13.3. The minimum atomic E-state index is 0.842. The lowest BCUT2D eigenvalue weighted by molar-refractivity contribution is 0.112. The minimum absolute atomic E-state index is 0.842. The molecular formula is C11H19NOS. The van der Waals surface area contributed by atoms with Crippen LogP contribution in [0.2, 0.25) is 0 Å². The third-order valence-electron chi connectivity index (χ3n) is 1.83. The van der Waals surface area contributed by atoms with Gasteiger partial charge in [-0.05, 0) is 38.6 Å². The Hall–Kier alpha value is -0.670. The van der Waals surface area contributed by atoms with Crippen LogP contribution in [-0.4, -0.2) is 19.9 Å². The van der Waals surface area contributed by atoms with E-state index in [4.69, 9.17) is 0 Å². The molecule has 1 aromatic heterocycles. The number of carbonyl (C=O) groups excluding carboxylic acids is 1. The number of aryl methyl sites for hydroxylation is 2. The first-order valence-corrected chi connectivity index (χ1v) is 5.70. The van der Waals surface area contributed by atoms with Crippen molar-refractivity contribution in [2.75, 3.05) is 13.6 Å². The van der Waals surface area contributed by atoms with Crippen LogP contribution in [0.15, 0.2) is 6.07 Å². The number of thiophene rings is 1. The summed E-state index contributed by atoms with van der Waals surface area (Å²) < 4.78 is 0. The SMILES string of the molecule is CCNC.CCc1sc(C=O)cc1C. The molecule has 0 fully saturated rings. The molecular weight excluding hydrogens is 194 g/mol. The van der Waals surface area contributed by atoms with Crippen LogP contribution in [0, 0.1) is 6.92 Å². The van der Waals surface area contributed by atoms with Crippen molar-refractivity contribution in [2.45, 2.75) is 27.2 Å². The fraction of sp³-hybridized carbons (Fsp3) is 0.545. The number of rotatable bonds is 3. The maximum Gasteiger partial charge on any atom is 0.160 e. The number of carbonyl (C=O) groups is 1. The molecule has 1 rings (SSSR count). The molecule has 80 valence electrons. The Balaban J connectivity index is 0.000000364. The van der Waals surface area contributed by atoms with Gasteiger partial charge in [-0.2, -0.15) is 0 Å². The largest absolute Gasteiger partial charge is 0.320 e. The lowest BCUT2D eigenvalue weighted by Gasteiger charge is -1.87. The molecule has 14 heavy (non-hydrogen) atoms. The monoisotopic (exact) mass is 213 g/mol. The molecule has 0 radical (unpaired) electrons. The second kappa shape index (κ2) is 7.71. The van der Waals surface area contributed by atoms with Gasteiger partial charge in [0.05, 0.1) is 4.88 Å². The van der Waals surface area contributed by atoms with Gasteiger partial charge < -0.3 is 5.32 Å². The van der Waals surface area contributed by atoms with E-state index >= 15 is 0 Å². The Morgan fingerprint density at radius 3 is 2.29 bits per heavy atom. The average Bonchev–Trinajstić information content (AvgIpc) is 2.59. The van der Waals surface area contributed by atoms with E-state index in [1.54, 1.807) is 11.3 Å². The normalized spacial score (nSPS) is 9.14. The molecule has 1 aromatic rings. The molecule has 0 atom stereocenters. The van der Waals surface area contributed by atoms with E-state index in [1.165, 1.54) is 10.4 Å². The van der Waals surface area contributed by atoms with Crippen molar-refractivity contribution in [1.29, 1.82) is 0 Å². The van der Waals surface area contributed by atoms with Gasteiger partial charge in [-0.15, -0.1) is 11.3 Å². The van der Waals surface area contributed by atoms with Gasteiger partial charge in [-0.3, -0.25) is 4.79 Å².